The molecule has 0 unspecified atom stereocenters. The van der Waals surface area contributed by atoms with E-state index >= 15 is 0 Å². The van der Waals surface area contributed by atoms with E-state index < -0.39 is 10.9 Å². The van der Waals surface area contributed by atoms with Gasteiger partial charge in [-0.1, -0.05) is 0 Å². The Morgan fingerprint density at radius 1 is 1.05 bits per heavy atom. The van der Waals surface area contributed by atoms with Gasteiger partial charge in [0.25, 0.3) is 0 Å². The van der Waals surface area contributed by atoms with E-state index in [0.29, 0.717) is 16.9 Å². The Morgan fingerprint density at radius 2 is 1.80 bits per heavy atom. The zero-order chi connectivity index (χ0) is 13.9. The molecule has 2 aromatic heterocycles. The maximum Gasteiger partial charge on any atom is 0.222 e. The van der Waals surface area contributed by atoms with E-state index in [9.17, 15) is 8.42 Å². The van der Waals surface area contributed by atoms with Crippen LogP contribution in [0.3, 0.4) is 0 Å². The average Bonchev–Trinajstić information content (AvgIpc) is 2.84. The lowest BCUT2D eigenvalue weighted by Gasteiger charge is -2.08. The Bertz CT molecular complexity index is 803. The molecule has 8 nitrogen and oxygen atoms in total. The van der Waals surface area contributed by atoms with Crippen LogP contribution >= 0.6 is 0 Å². The van der Waals surface area contributed by atoms with Gasteiger partial charge in [-0.3, -0.25) is 10.1 Å². The first-order chi connectivity index (χ1) is 9.72. The topological polar surface area (TPSA) is 102 Å². The molecular formula is C11H10N6O2S. The minimum atomic E-state index is -2.65. The van der Waals surface area contributed by atoms with Crippen molar-refractivity contribution in [3.05, 3.63) is 43.1 Å². The quantitative estimate of drug-likeness (QED) is 0.609. The first kappa shape index (κ1) is 12.4. The van der Waals surface area contributed by atoms with Gasteiger partial charge in [0.05, 0.1) is 11.9 Å². The minimum absolute atomic E-state index is 0.504. The predicted octanol–water partition coefficient (Wildman–Crippen LogP) is 0.640. The lowest BCUT2D eigenvalue weighted by atomic mass is 10.3. The molecule has 0 aliphatic carbocycles. The van der Waals surface area contributed by atoms with Gasteiger partial charge in [-0.2, -0.15) is 0 Å². The van der Waals surface area contributed by atoms with Crippen molar-refractivity contribution in [2.75, 3.05) is 10.1 Å². The number of hydrogen-bond acceptors (Lipinski definition) is 6. The molecule has 0 aliphatic heterocycles. The van der Waals surface area contributed by atoms with Gasteiger partial charge in [0.1, 0.15) is 18.2 Å². The summed E-state index contributed by atoms with van der Waals surface area (Å²) in [5.74, 6) is 0. The minimum Gasteiger partial charge on any atom is -0.291 e. The molecular weight excluding hydrogens is 280 g/mol. The first-order valence-corrected chi connectivity index (χ1v) is 6.81. The Morgan fingerprint density at radius 3 is 2.55 bits per heavy atom. The number of rotatable bonds is 4. The number of thiol groups is 1. The Labute approximate surface area is 115 Å². The van der Waals surface area contributed by atoms with Gasteiger partial charge < -0.3 is 0 Å². The van der Waals surface area contributed by atoms with Gasteiger partial charge in [0.15, 0.2) is 5.65 Å². The third-order valence-corrected chi connectivity index (χ3v) is 3.01. The molecule has 9 heteroatoms. The molecule has 0 bridgehead atoms. The first-order valence-electron chi connectivity index (χ1n) is 5.63. The molecule has 0 radical (unpaired) electrons. The molecule has 0 fully saturated rings. The van der Waals surface area contributed by atoms with Crippen LogP contribution in [-0.4, -0.2) is 28.0 Å². The number of imidazole rings is 1. The molecule has 1 aromatic carbocycles. The van der Waals surface area contributed by atoms with Crippen LogP contribution in [0.2, 0.25) is 0 Å². The summed E-state index contributed by atoms with van der Waals surface area (Å²) in [7, 11) is -2.65. The van der Waals surface area contributed by atoms with E-state index in [1.165, 1.54) is 6.33 Å². The van der Waals surface area contributed by atoms with E-state index in [2.05, 4.69) is 25.1 Å². The highest BCUT2D eigenvalue weighted by Crippen LogP contribution is 2.15. The van der Waals surface area contributed by atoms with Crippen molar-refractivity contribution >= 4 is 33.4 Å². The second-order valence-corrected chi connectivity index (χ2v) is 4.64. The Kier molecular flexibility index (Phi) is 3.17. The maximum absolute atomic E-state index is 10.5. The van der Waals surface area contributed by atoms with Crippen LogP contribution in [0, 0.1) is 0 Å². The van der Waals surface area contributed by atoms with Gasteiger partial charge in [-0.15, -0.1) is 0 Å². The van der Waals surface area contributed by atoms with E-state index in [1.807, 2.05) is 0 Å². The molecule has 2 heterocycles. The van der Waals surface area contributed by atoms with Gasteiger partial charge >= 0.3 is 0 Å². The fraction of sp³-hybridized carbons (Fsp3) is 0. The summed E-state index contributed by atoms with van der Waals surface area (Å²) in [6.07, 6.45) is 4.67. The summed E-state index contributed by atoms with van der Waals surface area (Å²) in [6, 6.07) is 6.80. The third kappa shape index (κ3) is 2.52. The highest BCUT2D eigenvalue weighted by atomic mass is 32.2. The van der Waals surface area contributed by atoms with Crippen LogP contribution in [0.5, 0.6) is 0 Å². The van der Waals surface area contributed by atoms with Crippen molar-refractivity contribution in [1.82, 2.24) is 19.6 Å². The van der Waals surface area contributed by atoms with E-state index in [-0.39, 0.29) is 0 Å². The summed E-state index contributed by atoms with van der Waals surface area (Å²) in [5.41, 5.74) is 5.71. The molecule has 0 saturated carbocycles. The summed E-state index contributed by atoms with van der Waals surface area (Å²) < 4.78 is 25.0. The van der Waals surface area contributed by atoms with Gasteiger partial charge in [0, 0.05) is 5.69 Å². The van der Waals surface area contributed by atoms with Gasteiger partial charge in [0.2, 0.25) is 10.9 Å². The van der Waals surface area contributed by atoms with E-state index in [1.54, 1.807) is 41.5 Å². The highest BCUT2D eigenvalue weighted by Gasteiger charge is 2.03. The number of anilines is 2. The van der Waals surface area contributed by atoms with Crippen LogP contribution in [-0.2, 0) is 10.9 Å². The zero-order valence-corrected chi connectivity index (χ0v) is 11.0. The molecule has 3 rings (SSSR count). The van der Waals surface area contributed by atoms with E-state index in [4.69, 9.17) is 0 Å². The van der Waals surface area contributed by atoms with Gasteiger partial charge in [-0.25, -0.2) is 28.0 Å². The van der Waals surface area contributed by atoms with Crippen molar-refractivity contribution in [2.24, 2.45) is 0 Å². The predicted molar refractivity (Wildman–Crippen MR) is 74.7 cm³/mol. The number of nitrogens with zero attached hydrogens (tertiary/aromatic N) is 4. The molecule has 0 saturated heterocycles. The largest absolute Gasteiger partial charge is 0.291 e. The average molecular weight is 290 g/mol. The van der Waals surface area contributed by atoms with Crippen molar-refractivity contribution in [3.63, 3.8) is 0 Å². The molecule has 20 heavy (non-hydrogen) atoms. The molecule has 0 atom stereocenters. The Hall–Kier alpha value is -2.68. The molecule has 0 spiro atoms. The summed E-state index contributed by atoms with van der Waals surface area (Å²) in [4.78, 5) is 12.2. The molecule has 2 N–H and O–H groups in total. The maximum atomic E-state index is 10.5. The van der Waals surface area contributed by atoms with Crippen LogP contribution in [0.15, 0.2) is 43.1 Å². The number of hydrogen-bond donors (Lipinski definition) is 3. The van der Waals surface area contributed by atoms with Crippen molar-refractivity contribution in [1.29, 1.82) is 0 Å². The number of aromatic nitrogens is 4. The molecule has 3 aromatic rings. The number of benzene rings is 1. The standard InChI is InChI=1S/C11H10N6O2S/c18-20(19)16-9-3-1-8(2-4-9)15-17-7-14-10-5-12-6-13-11(10)17/h1-7,15,20H,(H,16,18,19). The van der Waals surface area contributed by atoms with Crippen molar-refractivity contribution in [2.45, 2.75) is 0 Å². The van der Waals surface area contributed by atoms with Crippen LogP contribution < -0.4 is 10.1 Å². The van der Waals surface area contributed by atoms with Crippen LogP contribution in [0.4, 0.5) is 11.4 Å². The number of nitrogens with one attached hydrogen (secondary N) is 2. The lowest BCUT2D eigenvalue weighted by molar-refractivity contribution is 0.619. The lowest BCUT2D eigenvalue weighted by Crippen LogP contribution is -2.08. The fourth-order valence-electron chi connectivity index (χ4n) is 1.71. The SMILES string of the molecule is O=[SH](=O)Nc1ccc(Nn2cnc3cncnc32)cc1. The van der Waals surface area contributed by atoms with Crippen LogP contribution in [0.25, 0.3) is 11.2 Å². The monoisotopic (exact) mass is 290 g/mol. The molecule has 0 aliphatic rings. The third-order valence-electron chi connectivity index (χ3n) is 2.57. The summed E-state index contributed by atoms with van der Waals surface area (Å²) >= 11 is 0. The van der Waals surface area contributed by atoms with Gasteiger partial charge in [-0.05, 0) is 24.3 Å². The van der Waals surface area contributed by atoms with E-state index in [0.717, 1.165) is 5.69 Å². The van der Waals surface area contributed by atoms with Crippen LogP contribution in [0.1, 0.15) is 0 Å². The zero-order valence-electron chi connectivity index (χ0n) is 10.1. The normalized spacial score (nSPS) is 10.8. The summed E-state index contributed by atoms with van der Waals surface area (Å²) in [5, 5.41) is 0. The number of fused-ring (bicyclic) bond motifs is 1. The smallest absolute Gasteiger partial charge is 0.222 e. The van der Waals surface area contributed by atoms with Crippen molar-refractivity contribution < 1.29 is 8.42 Å². The summed E-state index contributed by atoms with van der Waals surface area (Å²) in [6.45, 7) is 0. The molecule has 0 amide bonds. The van der Waals surface area contributed by atoms with Crippen molar-refractivity contribution in [3.8, 4) is 0 Å². The Balaban J connectivity index is 1.84. The fourth-order valence-corrected chi connectivity index (χ4v) is 2.07. The second kappa shape index (κ2) is 5.13. The highest BCUT2D eigenvalue weighted by molar-refractivity contribution is 7.73. The second-order valence-electron chi connectivity index (χ2n) is 3.90. The molecule has 102 valence electrons.